The van der Waals surface area contributed by atoms with Crippen molar-refractivity contribution in [2.45, 2.75) is 30.5 Å². The average molecular weight is 366 g/mol. The lowest BCUT2D eigenvalue weighted by Crippen LogP contribution is -2.33. The van der Waals surface area contributed by atoms with Crippen molar-refractivity contribution < 1.29 is 8.42 Å². The molecule has 0 radical (unpaired) electrons. The number of nitrogens with zero attached hydrogens (tertiary/aromatic N) is 3. The largest absolute Gasteiger partial charge is 0.337 e. The van der Waals surface area contributed by atoms with E-state index < -0.39 is 10.0 Å². The van der Waals surface area contributed by atoms with E-state index in [1.165, 1.54) is 11.1 Å². The molecule has 1 aromatic heterocycles. The summed E-state index contributed by atoms with van der Waals surface area (Å²) in [5, 5.41) is 0.499. The fourth-order valence-corrected chi connectivity index (χ4v) is 5.89. The molecule has 7 heteroatoms. The van der Waals surface area contributed by atoms with Crippen LogP contribution in [0.25, 0.3) is 0 Å². The Labute approximate surface area is 148 Å². The van der Waals surface area contributed by atoms with Gasteiger partial charge in [0.15, 0.2) is 5.03 Å². The molecule has 0 saturated carbocycles. The fourth-order valence-electron chi connectivity index (χ4n) is 2.97. The second-order valence-corrected chi connectivity index (χ2v) is 9.34. The van der Waals surface area contributed by atoms with Crippen LogP contribution >= 0.6 is 11.8 Å². The third kappa shape index (κ3) is 3.38. The number of hydrogen-bond acceptors (Lipinski definition) is 4. The van der Waals surface area contributed by atoms with E-state index in [1.807, 2.05) is 31.8 Å². The molecular weight excluding hydrogens is 342 g/mol. The maximum Gasteiger partial charge on any atom is 0.262 e. The Morgan fingerprint density at radius 1 is 1.21 bits per heavy atom. The number of aromatic nitrogens is 2. The number of benzene rings is 1. The number of hydrogen-bond donors (Lipinski definition) is 0. The Morgan fingerprint density at radius 2 is 1.96 bits per heavy atom. The molecule has 1 aliphatic rings. The third-order valence-corrected chi connectivity index (χ3v) is 7.61. The van der Waals surface area contributed by atoms with Gasteiger partial charge < -0.3 is 4.57 Å². The SMILES string of the molecule is Cc1ccccc1[C@H]1CCN(S(=O)(=O)c2cn(C)c(C)n2)CCS1. The number of imidazole rings is 1. The quantitative estimate of drug-likeness (QED) is 0.839. The van der Waals surface area contributed by atoms with E-state index in [1.54, 1.807) is 15.1 Å². The van der Waals surface area contributed by atoms with E-state index in [2.05, 4.69) is 30.1 Å². The van der Waals surface area contributed by atoms with Crippen LogP contribution in [0.1, 0.15) is 28.6 Å². The van der Waals surface area contributed by atoms with Gasteiger partial charge in [0, 0.05) is 37.3 Å². The van der Waals surface area contributed by atoms with E-state index in [0.29, 0.717) is 24.2 Å². The van der Waals surface area contributed by atoms with E-state index >= 15 is 0 Å². The van der Waals surface area contributed by atoms with Gasteiger partial charge in [0.1, 0.15) is 5.82 Å². The van der Waals surface area contributed by atoms with Gasteiger partial charge in [-0.2, -0.15) is 16.1 Å². The molecule has 3 rings (SSSR count). The highest BCUT2D eigenvalue weighted by atomic mass is 32.2. The predicted molar refractivity (Wildman–Crippen MR) is 97.7 cm³/mol. The topological polar surface area (TPSA) is 55.2 Å². The van der Waals surface area contributed by atoms with Crippen LogP contribution in [0.15, 0.2) is 35.5 Å². The van der Waals surface area contributed by atoms with Crippen molar-refractivity contribution in [1.29, 1.82) is 0 Å². The molecule has 0 unspecified atom stereocenters. The van der Waals surface area contributed by atoms with Gasteiger partial charge >= 0.3 is 0 Å². The highest BCUT2D eigenvalue weighted by Crippen LogP contribution is 2.36. The van der Waals surface area contributed by atoms with Crippen molar-refractivity contribution in [3.05, 3.63) is 47.4 Å². The van der Waals surface area contributed by atoms with E-state index in [0.717, 1.165) is 12.2 Å². The molecule has 2 heterocycles. The lowest BCUT2D eigenvalue weighted by Gasteiger charge is -2.19. The Kier molecular flexibility index (Phi) is 5.03. The molecule has 0 spiro atoms. The summed E-state index contributed by atoms with van der Waals surface area (Å²) >= 11 is 1.84. The first-order valence-corrected chi connectivity index (χ1v) is 10.6. The summed E-state index contributed by atoms with van der Waals surface area (Å²) in [6, 6.07) is 8.37. The molecule has 130 valence electrons. The van der Waals surface area contributed by atoms with Gasteiger partial charge in [-0.15, -0.1) is 0 Å². The number of thioether (sulfide) groups is 1. The van der Waals surface area contributed by atoms with E-state index in [4.69, 9.17) is 0 Å². The molecule has 1 atom stereocenters. The van der Waals surface area contributed by atoms with Gasteiger partial charge in [-0.05, 0) is 31.4 Å². The molecule has 1 saturated heterocycles. The van der Waals surface area contributed by atoms with Crippen molar-refractivity contribution >= 4 is 21.8 Å². The minimum atomic E-state index is -3.51. The first-order valence-electron chi connectivity index (χ1n) is 8.07. The Bertz CT molecular complexity index is 811. The summed E-state index contributed by atoms with van der Waals surface area (Å²) < 4.78 is 29.0. The van der Waals surface area contributed by atoms with Crippen molar-refractivity contribution in [1.82, 2.24) is 13.9 Å². The van der Waals surface area contributed by atoms with Crippen LogP contribution in [0.5, 0.6) is 0 Å². The second kappa shape index (κ2) is 6.90. The molecule has 0 aliphatic carbocycles. The van der Waals surface area contributed by atoms with Crippen LogP contribution in [0.3, 0.4) is 0 Å². The molecule has 1 aromatic carbocycles. The van der Waals surface area contributed by atoms with Crippen LogP contribution < -0.4 is 0 Å². The van der Waals surface area contributed by atoms with Crippen LogP contribution in [0.4, 0.5) is 0 Å². The summed E-state index contributed by atoms with van der Waals surface area (Å²) in [5.41, 5.74) is 2.59. The Morgan fingerprint density at radius 3 is 2.62 bits per heavy atom. The molecule has 0 amide bonds. The van der Waals surface area contributed by atoms with Gasteiger partial charge in [-0.1, -0.05) is 24.3 Å². The maximum absolute atomic E-state index is 12.9. The number of aryl methyl sites for hydroxylation is 3. The molecule has 1 aliphatic heterocycles. The first-order chi connectivity index (χ1) is 11.4. The Balaban J connectivity index is 1.79. The zero-order valence-electron chi connectivity index (χ0n) is 14.3. The van der Waals surface area contributed by atoms with E-state index in [9.17, 15) is 8.42 Å². The predicted octanol–water partition coefficient (Wildman–Crippen LogP) is 2.91. The smallest absolute Gasteiger partial charge is 0.262 e. The van der Waals surface area contributed by atoms with E-state index in [-0.39, 0.29) is 5.03 Å². The van der Waals surface area contributed by atoms with Crippen molar-refractivity contribution in [2.24, 2.45) is 7.05 Å². The highest BCUT2D eigenvalue weighted by Gasteiger charge is 2.30. The molecular formula is C17H23N3O2S2. The summed E-state index contributed by atoms with van der Waals surface area (Å²) in [5.74, 6) is 1.50. The van der Waals surface area contributed by atoms with Crippen molar-refractivity contribution in [3.8, 4) is 0 Å². The lowest BCUT2D eigenvalue weighted by molar-refractivity contribution is 0.426. The van der Waals surface area contributed by atoms with Gasteiger partial charge in [0.2, 0.25) is 0 Å². The maximum atomic E-state index is 12.9. The third-order valence-electron chi connectivity index (χ3n) is 4.53. The monoisotopic (exact) mass is 365 g/mol. The lowest BCUT2D eigenvalue weighted by atomic mass is 10.0. The van der Waals surface area contributed by atoms with Crippen molar-refractivity contribution in [2.75, 3.05) is 18.8 Å². The highest BCUT2D eigenvalue weighted by molar-refractivity contribution is 7.99. The van der Waals surface area contributed by atoms with Crippen LogP contribution in [-0.4, -0.2) is 41.1 Å². The van der Waals surface area contributed by atoms with Gasteiger partial charge in [0.05, 0.1) is 0 Å². The van der Waals surface area contributed by atoms with Gasteiger partial charge in [-0.3, -0.25) is 0 Å². The molecule has 0 bridgehead atoms. The van der Waals surface area contributed by atoms with Crippen molar-refractivity contribution in [3.63, 3.8) is 0 Å². The number of rotatable bonds is 3. The number of sulfonamides is 1. The minimum absolute atomic E-state index is 0.154. The summed E-state index contributed by atoms with van der Waals surface area (Å²) in [4.78, 5) is 4.21. The molecule has 5 nitrogen and oxygen atoms in total. The van der Waals surface area contributed by atoms with Gasteiger partial charge in [0.25, 0.3) is 10.0 Å². The molecule has 1 fully saturated rings. The summed E-state index contributed by atoms with van der Waals surface area (Å²) in [6.45, 7) is 4.99. The second-order valence-electron chi connectivity index (χ2n) is 6.15. The van der Waals surface area contributed by atoms with Gasteiger partial charge in [-0.25, -0.2) is 13.4 Å². The van der Waals surface area contributed by atoms with Crippen LogP contribution in [-0.2, 0) is 17.1 Å². The standard InChI is InChI=1S/C17H23N3O2S2/c1-13-6-4-5-7-15(13)16-8-9-20(10-11-23-16)24(21,22)17-12-19(3)14(2)18-17/h4-7,12,16H,8-11H2,1-3H3/t16-/m1/s1. The Hall–Kier alpha value is -1.31. The summed E-state index contributed by atoms with van der Waals surface area (Å²) in [6.07, 6.45) is 2.42. The zero-order chi connectivity index (χ0) is 17.3. The minimum Gasteiger partial charge on any atom is -0.337 e. The molecule has 2 aromatic rings. The molecule has 0 N–H and O–H groups in total. The molecule has 24 heavy (non-hydrogen) atoms. The average Bonchev–Trinajstić information content (AvgIpc) is 2.77. The van der Waals surface area contributed by atoms with Crippen LogP contribution in [0.2, 0.25) is 0 Å². The first kappa shape index (κ1) is 17.5. The normalized spacial score (nSPS) is 20.0. The fraction of sp³-hybridized carbons (Fsp3) is 0.471. The zero-order valence-corrected chi connectivity index (χ0v) is 15.9. The van der Waals surface area contributed by atoms with Crippen LogP contribution in [0, 0.1) is 13.8 Å². The summed E-state index contributed by atoms with van der Waals surface area (Å²) in [7, 11) is -1.70.